The second kappa shape index (κ2) is 8.23. The molecule has 0 saturated carbocycles. The van der Waals surface area contributed by atoms with Crippen LogP contribution in [0, 0.1) is 17.5 Å². The number of ether oxygens (including phenoxy) is 1. The Morgan fingerprint density at radius 2 is 1.88 bits per heavy atom. The highest BCUT2D eigenvalue weighted by atomic mass is 32.1. The van der Waals surface area contributed by atoms with Gasteiger partial charge in [-0.3, -0.25) is 4.98 Å². The van der Waals surface area contributed by atoms with Crippen molar-refractivity contribution in [1.29, 1.82) is 0 Å². The molecule has 11 heteroatoms. The summed E-state index contributed by atoms with van der Waals surface area (Å²) < 4.78 is 51.1. The van der Waals surface area contributed by atoms with Crippen LogP contribution < -0.4 is 4.74 Å². The van der Waals surface area contributed by atoms with E-state index in [1.165, 1.54) is 45.9 Å². The molecule has 1 atom stereocenters. The van der Waals surface area contributed by atoms with E-state index in [-0.39, 0.29) is 18.8 Å². The molecule has 4 heterocycles. The average molecular weight is 459 g/mol. The lowest BCUT2D eigenvalue weighted by atomic mass is 10.0. The molecule has 2 aliphatic rings. The molecule has 0 radical (unpaired) electrons. The number of aromatic nitrogens is 2. The summed E-state index contributed by atoms with van der Waals surface area (Å²) in [5.41, 5.74) is 1.63. The zero-order valence-corrected chi connectivity index (χ0v) is 17.3. The molecular formula is C21H16F3N5O2S. The Morgan fingerprint density at radius 1 is 1.09 bits per heavy atom. The number of hydrogen-bond acceptors (Lipinski definition) is 6. The van der Waals surface area contributed by atoms with Crippen molar-refractivity contribution in [1.82, 2.24) is 19.3 Å². The number of likely N-dealkylation sites (tertiary alicyclic amines) is 1. The first-order valence-electron chi connectivity index (χ1n) is 9.76. The highest BCUT2D eigenvalue weighted by Crippen LogP contribution is 2.32. The van der Waals surface area contributed by atoms with Crippen molar-refractivity contribution in [3.8, 4) is 17.0 Å². The summed E-state index contributed by atoms with van der Waals surface area (Å²) in [5, 5.41) is 7.08. The summed E-state index contributed by atoms with van der Waals surface area (Å²) in [6.07, 6.45) is 4.21. The first-order valence-corrected chi connectivity index (χ1v) is 10.6. The van der Waals surface area contributed by atoms with Gasteiger partial charge in [0, 0.05) is 35.7 Å². The van der Waals surface area contributed by atoms with E-state index < -0.39 is 35.6 Å². The van der Waals surface area contributed by atoms with Gasteiger partial charge < -0.3 is 9.64 Å². The molecule has 1 fully saturated rings. The quantitative estimate of drug-likeness (QED) is 0.585. The minimum absolute atomic E-state index is 0.0469. The maximum absolute atomic E-state index is 14.2. The maximum atomic E-state index is 14.2. The van der Waals surface area contributed by atoms with Crippen LogP contribution in [0.2, 0.25) is 0 Å². The van der Waals surface area contributed by atoms with Crippen LogP contribution in [0.5, 0.6) is 5.75 Å². The molecule has 0 spiro atoms. The summed E-state index contributed by atoms with van der Waals surface area (Å²) in [6.45, 7) is 0.457. The maximum Gasteiger partial charge on any atom is 0.341 e. The van der Waals surface area contributed by atoms with Crippen LogP contribution in [0.1, 0.15) is 18.0 Å². The Balaban J connectivity index is 1.23. The summed E-state index contributed by atoms with van der Waals surface area (Å²) in [7, 11) is 0. The number of rotatable bonds is 4. The van der Waals surface area contributed by atoms with E-state index in [9.17, 15) is 18.0 Å². The van der Waals surface area contributed by atoms with Gasteiger partial charge in [0.15, 0.2) is 11.6 Å². The number of benzene rings is 1. The predicted octanol–water partition coefficient (Wildman–Crippen LogP) is 4.24. The zero-order valence-electron chi connectivity index (χ0n) is 16.5. The number of carbonyl (C=O) groups is 1. The van der Waals surface area contributed by atoms with Crippen molar-refractivity contribution in [2.24, 2.45) is 5.10 Å². The minimum Gasteiger partial charge on any atom is -0.483 e. The number of urea groups is 1. The Morgan fingerprint density at radius 3 is 2.59 bits per heavy atom. The fourth-order valence-corrected chi connectivity index (χ4v) is 4.17. The van der Waals surface area contributed by atoms with Crippen LogP contribution in [0.4, 0.5) is 18.0 Å². The van der Waals surface area contributed by atoms with Gasteiger partial charge in [0.05, 0.1) is 37.2 Å². The summed E-state index contributed by atoms with van der Waals surface area (Å²) >= 11 is 1.26. The summed E-state index contributed by atoms with van der Waals surface area (Å²) in [6, 6.07) is 3.67. The molecule has 2 amide bonds. The molecule has 0 aliphatic carbocycles. The van der Waals surface area contributed by atoms with Crippen LogP contribution in [-0.2, 0) is 0 Å². The molecule has 164 valence electrons. The first-order chi connectivity index (χ1) is 15.5. The van der Waals surface area contributed by atoms with Gasteiger partial charge in [-0.25, -0.2) is 27.3 Å². The Hall–Kier alpha value is -3.47. The Labute approximate surface area is 184 Å². The van der Waals surface area contributed by atoms with Crippen molar-refractivity contribution in [2.75, 3.05) is 13.1 Å². The van der Waals surface area contributed by atoms with Crippen molar-refractivity contribution in [3.63, 3.8) is 0 Å². The van der Waals surface area contributed by atoms with Crippen molar-refractivity contribution >= 4 is 23.8 Å². The number of amides is 2. The normalized spacial score (nSPS) is 18.2. The summed E-state index contributed by atoms with van der Waals surface area (Å²) in [4.78, 5) is 18.4. The smallest absolute Gasteiger partial charge is 0.341 e. The lowest BCUT2D eigenvalue weighted by molar-refractivity contribution is 0.0256. The van der Waals surface area contributed by atoms with Gasteiger partial charge in [0.25, 0.3) is 0 Å². The third-order valence-corrected chi connectivity index (χ3v) is 5.84. The van der Waals surface area contributed by atoms with Crippen LogP contribution >= 0.6 is 11.5 Å². The van der Waals surface area contributed by atoms with Gasteiger partial charge in [-0.05, 0) is 29.2 Å². The molecule has 1 saturated heterocycles. The van der Waals surface area contributed by atoms with Gasteiger partial charge >= 0.3 is 6.03 Å². The molecule has 0 N–H and O–H groups in total. The van der Waals surface area contributed by atoms with E-state index in [0.29, 0.717) is 17.7 Å². The number of halogens is 3. The largest absolute Gasteiger partial charge is 0.483 e. The number of pyridine rings is 1. The van der Waals surface area contributed by atoms with Crippen LogP contribution in [0.3, 0.4) is 0 Å². The van der Waals surface area contributed by atoms with Gasteiger partial charge in [-0.1, -0.05) is 0 Å². The first kappa shape index (κ1) is 20.4. The number of carbonyl (C=O) groups excluding carboxylic acids is 1. The van der Waals surface area contributed by atoms with E-state index in [1.807, 2.05) is 0 Å². The minimum atomic E-state index is -0.714. The van der Waals surface area contributed by atoms with E-state index >= 15 is 0 Å². The van der Waals surface area contributed by atoms with Crippen molar-refractivity contribution in [3.05, 3.63) is 65.1 Å². The van der Waals surface area contributed by atoms with Crippen molar-refractivity contribution in [2.45, 2.75) is 18.6 Å². The Kier molecular flexibility index (Phi) is 5.25. The van der Waals surface area contributed by atoms with E-state index in [1.54, 1.807) is 11.6 Å². The molecule has 0 bridgehead atoms. The van der Waals surface area contributed by atoms with E-state index in [2.05, 4.69) is 14.5 Å². The highest BCUT2D eigenvalue weighted by Gasteiger charge is 2.39. The second-order valence-electron chi connectivity index (χ2n) is 7.44. The molecule has 2 aliphatic heterocycles. The molecule has 5 rings (SSSR count). The third kappa shape index (κ3) is 3.91. The number of hydrogen-bond donors (Lipinski definition) is 0. The van der Waals surface area contributed by atoms with Crippen LogP contribution in [0.25, 0.3) is 11.3 Å². The molecule has 2 aromatic heterocycles. The van der Waals surface area contributed by atoms with E-state index in [4.69, 9.17) is 4.74 Å². The standard InChI is InChI=1S/C21H16F3N5O2S/c22-14-3-12(4-15(23)5-14)19-1-2-26-29(19)21(30)28-9-16(10-28)31-20-6-18(25-8-17(20)24)13-7-27-32-11-13/h2-8,11,16,19H,1,9-10H2. The molecular weight excluding hydrogens is 443 g/mol. The number of hydrazone groups is 1. The van der Waals surface area contributed by atoms with Gasteiger partial charge in [0.2, 0.25) is 0 Å². The van der Waals surface area contributed by atoms with Crippen LogP contribution in [0.15, 0.2) is 47.1 Å². The molecule has 1 unspecified atom stereocenters. The van der Waals surface area contributed by atoms with Gasteiger partial charge in [0.1, 0.15) is 17.7 Å². The topological polar surface area (TPSA) is 70.9 Å². The second-order valence-corrected chi connectivity index (χ2v) is 8.09. The zero-order chi connectivity index (χ0) is 22.2. The lowest BCUT2D eigenvalue weighted by Gasteiger charge is -2.41. The third-order valence-electron chi connectivity index (χ3n) is 5.26. The Bertz CT molecular complexity index is 1160. The molecule has 1 aromatic carbocycles. The summed E-state index contributed by atoms with van der Waals surface area (Å²) in [5.74, 6) is -1.98. The van der Waals surface area contributed by atoms with Crippen LogP contribution in [-0.4, -0.2) is 50.7 Å². The van der Waals surface area contributed by atoms with Crippen molar-refractivity contribution < 1.29 is 22.7 Å². The fourth-order valence-electron chi connectivity index (χ4n) is 3.64. The molecule has 32 heavy (non-hydrogen) atoms. The molecule has 7 nitrogen and oxygen atoms in total. The highest BCUT2D eigenvalue weighted by molar-refractivity contribution is 7.03. The SMILES string of the molecule is O=C(N1CC(Oc2cc(-c3cnsc3)ncc2F)C1)N1N=CCC1c1cc(F)cc(F)c1. The predicted molar refractivity (Wildman–Crippen MR) is 111 cm³/mol. The molecule has 3 aromatic rings. The van der Waals surface area contributed by atoms with E-state index in [0.717, 1.165) is 17.8 Å². The van der Waals surface area contributed by atoms with Gasteiger partial charge in [-0.2, -0.15) is 5.10 Å². The fraction of sp³-hybridized carbons (Fsp3) is 0.238. The average Bonchev–Trinajstić information content (AvgIpc) is 3.42. The lowest BCUT2D eigenvalue weighted by Crippen LogP contribution is -2.58. The van der Waals surface area contributed by atoms with Gasteiger partial charge in [-0.15, -0.1) is 0 Å². The monoisotopic (exact) mass is 459 g/mol. The number of nitrogens with zero attached hydrogens (tertiary/aromatic N) is 5.